The van der Waals surface area contributed by atoms with Crippen LogP contribution >= 0.6 is 0 Å². The third kappa shape index (κ3) is 3.16. The Bertz CT molecular complexity index is 812. The molecule has 4 nitrogen and oxygen atoms in total. The van der Waals surface area contributed by atoms with Crippen LogP contribution in [-0.4, -0.2) is 15.5 Å². The topological polar surface area (TPSA) is 55.4 Å². The quantitative estimate of drug-likeness (QED) is 0.898. The SMILES string of the molecule is COc1ccc(S(=O)(=O)NC2(c3ccccc3F)CCCC2)cc1. The molecule has 0 heterocycles. The molecule has 24 heavy (non-hydrogen) atoms. The van der Waals surface area contributed by atoms with Gasteiger partial charge in [0.1, 0.15) is 11.6 Å². The lowest BCUT2D eigenvalue weighted by Crippen LogP contribution is -2.44. The smallest absolute Gasteiger partial charge is 0.241 e. The van der Waals surface area contributed by atoms with Crippen molar-refractivity contribution in [3.8, 4) is 5.75 Å². The molecule has 128 valence electrons. The standard InChI is InChI=1S/C18H20FNO3S/c1-23-14-8-10-15(11-9-14)24(21,22)20-18(12-4-5-13-18)16-6-2-3-7-17(16)19/h2-3,6-11,20H,4-5,12-13H2,1H3. The molecule has 2 aromatic rings. The fraction of sp³-hybridized carbons (Fsp3) is 0.333. The van der Waals surface area contributed by atoms with Gasteiger partial charge in [-0.2, -0.15) is 0 Å². The number of nitrogens with one attached hydrogen (secondary N) is 1. The second kappa shape index (κ2) is 6.53. The molecule has 3 rings (SSSR count). The molecule has 2 aromatic carbocycles. The first-order valence-electron chi connectivity index (χ1n) is 7.90. The van der Waals surface area contributed by atoms with Gasteiger partial charge in [-0.25, -0.2) is 17.5 Å². The van der Waals surface area contributed by atoms with Crippen molar-refractivity contribution in [3.05, 3.63) is 59.9 Å². The number of hydrogen-bond donors (Lipinski definition) is 1. The molecule has 1 aliphatic rings. The van der Waals surface area contributed by atoms with Crippen molar-refractivity contribution in [2.45, 2.75) is 36.1 Å². The van der Waals surface area contributed by atoms with Crippen LogP contribution in [0.2, 0.25) is 0 Å². The number of sulfonamides is 1. The van der Waals surface area contributed by atoms with Crippen molar-refractivity contribution in [1.29, 1.82) is 0 Å². The van der Waals surface area contributed by atoms with E-state index < -0.39 is 15.6 Å². The Hall–Kier alpha value is -1.92. The highest BCUT2D eigenvalue weighted by Gasteiger charge is 2.41. The molecule has 0 atom stereocenters. The highest BCUT2D eigenvalue weighted by Crippen LogP contribution is 2.41. The predicted molar refractivity (Wildman–Crippen MR) is 89.9 cm³/mol. The summed E-state index contributed by atoms with van der Waals surface area (Å²) in [5.74, 6) is 0.204. The van der Waals surface area contributed by atoms with E-state index in [0.29, 0.717) is 24.2 Å². The summed E-state index contributed by atoms with van der Waals surface area (Å²) in [6.07, 6.45) is 2.89. The molecule has 0 bridgehead atoms. The van der Waals surface area contributed by atoms with Crippen molar-refractivity contribution in [2.75, 3.05) is 7.11 Å². The van der Waals surface area contributed by atoms with Crippen LogP contribution in [-0.2, 0) is 15.6 Å². The van der Waals surface area contributed by atoms with Gasteiger partial charge in [0.05, 0.1) is 17.5 Å². The molecule has 0 radical (unpaired) electrons. The zero-order chi connectivity index (χ0) is 17.2. The van der Waals surface area contributed by atoms with Crippen LogP contribution in [0.1, 0.15) is 31.2 Å². The summed E-state index contributed by atoms with van der Waals surface area (Å²) in [4.78, 5) is 0.144. The van der Waals surface area contributed by atoms with Crippen LogP contribution in [0.3, 0.4) is 0 Å². The van der Waals surface area contributed by atoms with E-state index in [1.807, 2.05) is 0 Å². The average molecular weight is 349 g/mol. The lowest BCUT2D eigenvalue weighted by Gasteiger charge is -2.31. The molecule has 0 unspecified atom stereocenters. The van der Waals surface area contributed by atoms with Crippen LogP contribution in [0.25, 0.3) is 0 Å². The molecule has 0 aliphatic heterocycles. The van der Waals surface area contributed by atoms with Gasteiger partial charge in [-0.15, -0.1) is 0 Å². The van der Waals surface area contributed by atoms with E-state index in [9.17, 15) is 12.8 Å². The molecule has 0 saturated heterocycles. The van der Waals surface area contributed by atoms with Crippen LogP contribution in [0.5, 0.6) is 5.75 Å². The Morgan fingerprint density at radius 1 is 1.04 bits per heavy atom. The van der Waals surface area contributed by atoms with E-state index in [4.69, 9.17) is 4.74 Å². The number of ether oxygens (including phenoxy) is 1. The molecule has 0 amide bonds. The minimum atomic E-state index is -3.76. The normalized spacial score (nSPS) is 16.9. The van der Waals surface area contributed by atoms with E-state index in [0.717, 1.165) is 12.8 Å². The summed E-state index contributed by atoms with van der Waals surface area (Å²) in [5.41, 5.74) is -0.469. The molecule has 0 spiro atoms. The van der Waals surface area contributed by atoms with Crippen LogP contribution in [0, 0.1) is 5.82 Å². The van der Waals surface area contributed by atoms with E-state index in [-0.39, 0.29) is 10.7 Å². The van der Waals surface area contributed by atoms with Crippen LogP contribution < -0.4 is 9.46 Å². The van der Waals surface area contributed by atoms with E-state index >= 15 is 0 Å². The highest BCUT2D eigenvalue weighted by atomic mass is 32.2. The summed E-state index contributed by atoms with van der Waals surface area (Å²) in [6, 6.07) is 12.6. The number of halogens is 1. The zero-order valence-electron chi connectivity index (χ0n) is 13.5. The first-order valence-corrected chi connectivity index (χ1v) is 9.38. The van der Waals surface area contributed by atoms with Crippen molar-refractivity contribution in [3.63, 3.8) is 0 Å². The first-order chi connectivity index (χ1) is 11.5. The van der Waals surface area contributed by atoms with Crippen LogP contribution in [0.4, 0.5) is 4.39 Å². The Labute approximate surface area is 141 Å². The van der Waals surface area contributed by atoms with Gasteiger partial charge in [0.15, 0.2) is 0 Å². The van der Waals surface area contributed by atoms with Gasteiger partial charge < -0.3 is 4.74 Å². The minimum absolute atomic E-state index is 0.144. The number of benzene rings is 2. The van der Waals surface area contributed by atoms with Crippen molar-refractivity contribution < 1.29 is 17.5 Å². The Morgan fingerprint density at radius 3 is 2.25 bits per heavy atom. The lowest BCUT2D eigenvalue weighted by molar-refractivity contribution is 0.385. The average Bonchev–Trinajstić information content (AvgIpc) is 3.04. The van der Waals surface area contributed by atoms with Crippen molar-refractivity contribution in [1.82, 2.24) is 4.72 Å². The van der Waals surface area contributed by atoms with Gasteiger partial charge >= 0.3 is 0 Å². The predicted octanol–water partition coefficient (Wildman–Crippen LogP) is 3.58. The lowest BCUT2D eigenvalue weighted by atomic mass is 9.89. The third-order valence-corrected chi connectivity index (χ3v) is 6.10. The van der Waals surface area contributed by atoms with Gasteiger partial charge in [0.2, 0.25) is 10.0 Å². The number of rotatable bonds is 5. The molecule has 0 aromatic heterocycles. The second-order valence-corrected chi connectivity index (χ2v) is 7.73. The maximum absolute atomic E-state index is 14.3. The van der Waals surface area contributed by atoms with Crippen molar-refractivity contribution in [2.24, 2.45) is 0 Å². The second-order valence-electron chi connectivity index (χ2n) is 6.05. The molecular formula is C18H20FNO3S. The summed E-state index contributed by atoms with van der Waals surface area (Å²) in [7, 11) is -2.24. The molecule has 1 aliphatic carbocycles. The van der Waals surface area contributed by atoms with Gasteiger partial charge in [-0.05, 0) is 43.2 Å². The summed E-state index contributed by atoms with van der Waals surface area (Å²) in [5, 5.41) is 0. The van der Waals surface area contributed by atoms with Gasteiger partial charge in [0.25, 0.3) is 0 Å². The molecule has 1 saturated carbocycles. The monoisotopic (exact) mass is 349 g/mol. The molecule has 1 fully saturated rings. The summed E-state index contributed by atoms with van der Waals surface area (Å²) >= 11 is 0. The fourth-order valence-electron chi connectivity index (χ4n) is 3.33. The zero-order valence-corrected chi connectivity index (χ0v) is 14.3. The Balaban J connectivity index is 1.97. The Morgan fingerprint density at radius 2 is 1.67 bits per heavy atom. The first kappa shape index (κ1) is 16.9. The minimum Gasteiger partial charge on any atom is -0.497 e. The van der Waals surface area contributed by atoms with E-state index in [1.165, 1.54) is 25.3 Å². The number of hydrogen-bond acceptors (Lipinski definition) is 3. The van der Waals surface area contributed by atoms with E-state index in [1.54, 1.807) is 30.3 Å². The molecular weight excluding hydrogens is 329 g/mol. The largest absolute Gasteiger partial charge is 0.497 e. The van der Waals surface area contributed by atoms with Gasteiger partial charge in [0, 0.05) is 5.56 Å². The van der Waals surface area contributed by atoms with Crippen LogP contribution in [0.15, 0.2) is 53.4 Å². The maximum atomic E-state index is 14.3. The Kier molecular flexibility index (Phi) is 4.60. The van der Waals surface area contributed by atoms with Gasteiger partial charge in [-0.3, -0.25) is 0 Å². The van der Waals surface area contributed by atoms with Gasteiger partial charge in [-0.1, -0.05) is 31.0 Å². The number of methoxy groups -OCH3 is 1. The van der Waals surface area contributed by atoms with E-state index in [2.05, 4.69) is 4.72 Å². The fourth-order valence-corrected chi connectivity index (χ4v) is 4.77. The summed E-state index contributed by atoms with van der Waals surface area (Å²) < 4.78 is 47.7. The third-order valence-electron chi connectivity index (χ3n) is 4.55. The van der Waals surface area contributed by atoms with Crippen molar-refractivity contribution >= 4 is 10.0 Å². The maximum Gasteiger partial charge on any atom is 0.241 e. The summed E-state index contributed by atoms with van der Waals surface area (Å²) in [6.45, 7) is 0. The molecule has 1 N–H and O–H groups in total. The molecule has 6 heteroatoms. The highest BCUT2D eigenvalue weighted by molar-refractivity contribution is 7.89.